The lowest BCUT2D eigenvalue weighted by Crippen LogP contribution is -2.19. The lowest BCUT2D eigenvalue weighted by Gasteiger charge is -2.04. The Morgan fingerprint density at radius 3 is 3.00 bits per heavy atom. The van der Waals surface area contributed by atoms with Crippen molar-refractivity contribution in [3.8, 4) is 0 Å². The van der Waals surface area contributed by atoms with Crippen molar-refractivity contribution in [1.29, 1.82) is 0 Å². The Morgan fingerprint density at radius 2 is 2.36 bits per heavy atom. The number of nitrogens with zero attached hydrogens (tertiary/aromatic N) is 2. The van der Waals surface area contributed by atoms with Gasteiger partial charge in [-0.2, -0.15) is 0 Å². The van der Waals surface area contributed by atoms with Gasteiger partial charge in [0.25, 0.3) is 0 Å². The Hall–Kier alpha value is -0.870. The van der Waals surface area contributed by atoms with Gasteiger partial charge in [0.05, 0.1) is 18.6 Å². The van der Waals surface area contributed by atoms with E-state index < -0.39 is 0 Å². The molecule has 0 aromatic carbocycles. The van der Waals surface area contributed by atoms with Crippen LogP contribution in [0.2, 0.25) is 0 Å². The molecule has 80 valence electrons. The third-order valence-electron chi connectivity index (χ3n) is 1.90. The number of aliphatic hydroxyl groups excluding tert-OH is 1. The molecule has 2 N–H and O–H groups in total. The number of imidazole rings is 1. The van der Waals surface area contributed by atoms with Crippen LogP contribution in [0.1, 0.15) is 19.5 Å². The monoisotopic (exact) mass is 197 g/mol. The molecule has 1 aromatic rings. The largest absolute Gasteiger partial charge is 0.395 e. The molecule has 1 heterocycles. The highest BCUT2D eigenvalue weighted by atomic mass is 16.3. The van der Waals surface area contributed by atoms with Gasteiger partial charge >= 0.3 is 0 Å². The van der Waals surface area contributed by atoms with E-state index in [-0.39, 0.29) is 6.61 Å². The predicted octanol–water partition coefficient (Wildman–Crippen LogP) is 0.621. The topological polar surface area (TPSA) is 50.1 Å². The Kier molecular flexibility index (Phi) is 4.62. The first-order valence-electron chi connectivity index (χ1n) is 5.04. The molecule has 0 saturated heterocycles. The standard InChI is InChI=1S/C10H19N3O/c1-9(2)5-11-6-10-7-13(3-4-14)8-12-10/h7-9,11,14H,3-6H2,1-2H3. The Morgan fingerprint density at radius 1 is 1.57 bits per heavy atom. The molecule has 0 atom stereocenters. The number of hydrogen-bond donors (Lipinski definition) is 2. The van der Waals surface area contributed by atoms with Crippen molar-refractivity contribution in [3.05, 3.63) is 18.2 Å². The minimum Gasteiger partial charge on any atom is -0.395 e. The van der Waals surface area contributed by atoms with E-state index in [9.17, 15) is 0 Å². The molecule has 0 fully saturated rings. The minimum absolute atomic E-state index is 0.162. The average Bonchev–Trinajstić information content (AvgIpc) is 2.53. The van der Waals surface area contributed by atoms with Crippen molar-refractivity contribution in [3.63, 3.8) is 0 Å². The van der Waals surface area contributed by atoms with Crippen LogP contribution in [0, 0.1) is 5.92 Å². The molecule has 0 amide bonds. The lowest BCUT2D eigenvalue weighted by atomic mass is 10.2. The molecule has 0 unspecified atom stereocenters. The van der Waals surface area contributed by atoms with Gasteiger partial charge in [0, 0.05) is 19.3 Å². The van der Waals surface area contributed by atoms with Crippen LogP contribution in [0.3, 0.4) is 0 Å². The third-order valence-corrected chi connectivity index (χ3v) is 1.90. The predicted molar refractivity (Wildman–Crippen MR) is 55.9 cm³/mol. The molecule has 0 aliphatic rings. The Balaban J connectivity index is 2.28. The summed E-state index contributed by atoms with van der Waals surface area (Å²) >= 11 is 0. The van der Waals surface area contributed by atoms with Crippen molar-refractivity contribution in [2.75, 3.05) is 13.2 Å². The van der Waals surface area contributed by atoms with Crippen molar-refractivity contribution >= 4 is 0 Å². The van der Waals surface area contributed by atoms with Gasteiger partial charge < -0.3 is 15.0 Å². The molecule has 0 saturated carbocycles. The van der Waals surface area contributed by atoms with Gasteiger partial charge in [-0.25, -0.2) is 4.98 Å². The van der Waals surface area contributed by atoms with Gasteiger partial charge in [-0.05, 0) is 12.5 Å². The van der Waals surface area contributed by atoms with E-state index in [0.717, 1.165) is 18.8 Å². The summed E-state index contributed by atoms with van der Waals surface area (Å²) in [5.41, 5.74) is 1.03. The molecule has 0 aliphatic heterocycles. The van der Waals surface area contributed by atoms with E-state index in [1.165, 1.54) is 0 Å². The fourth-order valence-corrected chi connectivity index (χ4v) is 1.22. The van der Waals surface area contributed by atoms with Gasteiger partial charge in [-0.3, -0.25) is 0 Å². The van der Waals surface area contributed by atoms with Crippen LogP contribution in [0.4, 0.5) is 0 Å². The molecule has 4 nitrogen and oxygen atoms in total. The number of nitrogens with one attached hydrogen (secondary N) is 1. The van der Waals surface area contributed by atoms with Crippen molar-refractivity contribution in [2.45, 2.75) is 26.9 Å². The third kappa shape index (κ3) is 3.89. The number of hydrogen-bond acceptors (Lipinski definition) is 3. The highest BCUT2D eigenvalue weighted by molar-refractivity contribution is 4.95. The molecule has 0 aliphatic carbocycles. The minimum atomic E-state index is 0.162. The highest BCUT2D eigenvalue weighted by Crippen LogP contribution is 1.96. The Bertz CT molecular complexity index is 258. The molecule has 0 spiro atoms. The van der Waals surface area contributed by atoms with E-state index in [4.69, 9.17) is 5.11 Å². The van der Waals surface area contributed by atoms with E-state index >= 15 is 0 Å². The van der Waals surface area contributed by atoms with Crippen molar-refractivity contribution in [1.82, 2.24) is 14.9 Å². The van der Waals surface area contributed by atoms with Crippen molar-refractivity contribution < 1.29 is 5.11 Å². The summed E-state index contributed by atoms with van der Waals surface area (Å²) in [4.78, 5) is 4.22. The number of rotatable bonds is 6. The maximum absolute atomic E-state index is 8.71. The summed E-state index contributed by atoms with van der Waals surface area (Å²) in [5.74, 6) is 0.662. The second-order valence-electron chi connectivity index (χ2n) is 3.85. The molecular weight excluding hydrogens is 178 g/mol. The second kappa shape index (κ2) is 5.78. The maximum atomic E-state index is 8.71. The summed E-state index contributed by atoms with van der Waals surface area (Å²) < 4.78 is 1.90. The van der Waals surface area contributed by atoms with E-state index in [2.05, 4.69) is 24.1 Å². The summed E-state index contributed by atoms with van der Waals surface area (Å²) in [6, 6.07) is 0. The van der Waals surface area contributed by atoms with Gasteiger partial charge in [0.15, 0.2) is 0 Å². The fraction of sp³-hybridized carbons (Fsp3) is 0.700. The number of aromatic nitrogens is 2. The van der Waals surface area contributed by atoms with E-state index in [1.54, 1.807) is 6.33 Å². The zero-order valence-corrected chi connectivity index (χ0v) is 8.90. The van der Waals surface area contributed by atoms with Crippen LogP contribution in [-0.4, -0.2) is 27.8 Å². The average molecular weight is 197 g/mol. The molecule has 1 aromatic heterocycles. The smallest absolute Gasteiger partial charge is 0.0950 e. The quantitative estimate of drug-likeness (QED) is 0.703. The first-order valence-corrected chi connectivity index (χ1v) is 5.04. The van der Waals surface area contributed by atoms with Crippen LogP contribution >= 0.6 is 0 Å². The summed E-state index contributed by atoms with van der Waals surface area (Å²) in [6.45, 7) is 6.95. The Labute approximate surface area is 85.0 Å². The van der Waals surface area contributed by atoms with Crippen LogP contribution in [0.5, 0.6) is 0 Å². The van der Waals surface area contributed by atoms with Crippen LogP contribution in [0.25, 0.3) is 0 Å². The van der Waals surface area contributed by atoms with Gasteiger partial charge in [-0.15, -0.1) is 0 Å². The van der Waals surface area contributed by atoms with Gasteiger partial charge in [-0.1, -0.05) is 13.8 Å². The zero-order chi connectivity index (χ0) is 10.4. The van der Waals surface area contributed by atoms with Crippen LogP contribution < -0.4 is 5.32 Å². The molecule has 0 bridgehead atoms. The SMILES string of the molecule is CC(C)CNCc1cn(CCO)cn1. The molecular formula is C10H19N3O. The summed E-state index contributed by atoms with van der Waals surface area (Å²) in [7, 11) is 0. The molecule has 4 heteroatoms. The van der Waals surface area contributed by atoms with Crippen LogP contribution in [0.15, 0.2) is 12.5 Å². The van der Waals surface area contributed by atoms with Crippen molar-refractivity contribution in [2.24, 2.45) is 5.92 Å². The normalized spacial score (nSPS) is 11.1. The summed E-state index contributed by atoms with van der Waals surface area (Å²) in [5, 5.41) is 12.0. The zero-order valence-electron chi connectivity index (χ0n) is 8.90. The molecule has 1 rings (SSSR count). The molecule has 0 radical (unpaired) electrons. The number of aliphatic hydroxyl groups is 1. The summed E-state index contributed by atoms with van der Waals surface area (Å²) in [6.07, 6.45) is 3.71. The molecule has 14 heavy (non-hydrogen) atoms. The second-order valence-corrected chi connectivity index (χ2v) is 3.85. The first-order chi connectivity index (χ1) is 6.72. The highest BCUT2D eigenvalue weighted by Gasteiger charge is 1.98. The van der Waals surface area contributed by atoms with E-state index in [1.807, 2.05) is 10.8 Å². The van der Waals surface area contributed by atoms with E-state index in [0.29, 0.717) is 12.5 Å². The van der Waals surface area contributed by atoms with Gasteiger partial charge in [0.1, 0.15) is 0 Å². The lowest BCUT2D eigenvalue weighted by molar-refractivity contribution is 0.276. The van der Waals surface area contributed by atoms with Crippen LogP contribution in [-0.2, 0) is 13.1 Å². The first kappa shape index (κ1) is 11.2. The van der Waals surface area contributed by atoms with Gasteiger partial charge in [0.2, 0.25) is 0 Å². The maximum Gasteiger partial charge on any atom is 0.0950 e. The fourth-order valence-electron chi connectivity index (χ4n) is 1.22.